The van der Waals surface area contributed by atoms with Crippen LogP contribution in [0.3, 0.4) is 0 Å². The molecule has 3 heterocycles. The summed E-state index contributed by atoms with van der Waals surface area (Å²) >= 11 is 9.42. The summed E-state index contributed by atoms with van der Waals surface area (Å²) in [5.74, 6) is 1.19. The standard InChI is InChI=1S/C29H29ClN4O3S2/c1-4-18(2)31-24(35)16-33-25(36)17-39-28(23-6-5-15-38-23)26-27(19-7-9-20(30)10-8-19)32-34(29(26)33)21-11-13-22(37-3)14-12-21/h5-15,18,28H,4,16-17H2,1-3H3,(H,31,35)/t18-,28+/m0/s1. The van der Waals surface area contributed by atoms with Crippen LogP contribution >= 0.6 is 34.7 Å². The zero-order valence-electron chi connectivity index (χ0n) is 21.9. The van der Waals surface area contributed by atoms with Gasteiger partial charge in [-0.25, -0.2) is 4.68 Å². The van der Waals surface area contributed by atoms with Crippen LogP contribution in [0.1, 0.15) is 36.0 Å². The van der Waals surface area contributed by atoms with Crippen molar-refractivity contribution >= 4 is 52.3 Å². The SMILES string of the molecule is CC[C@H](C)NC(=O)CN1C(=O)CS[C@H](c2cccs2)c2c(-c3ccc(Cl)cc3)nn(-c3ccc(OC)cc3)c21. The molecular weight excluding hydrogens is 552 g/mol. The highest BCUT2D eigenvalue weighted by molar-refractivity contribution is 8.00. The number of benzene rings is 2. The van der Waals surface area contributed by atoms with Crippen molar-refractivity contribution in [3.05, 3.63) is 81.5 Å². The first-order valence-electron chi connectivity index (χ1n) is 12.7. The highest BCUT2D eigenvalue weighted by Crippen LogP contribution is 2.49. The maximum Gasteiger partial charge on any atom is 0.240 e. The zero-order valence-corrected chi connectivity index (χ0v) is 24.3. The molecule has 2 aromatic carbocycles. The monoisotopic (exact) mass is 580 g/mol. The molecule has 0 fully saturated rings. The number of fused-ring (bicyclic) bond motifs is 1. The lowest BCUT2D eigenvalue weighted by Crippen LogP contribution is -2.44. The number of carbonyl (C=O) groups excluding carboxylic acids is 2. The maximum absolute atomic E-state index is 13.7. The summed E-state index contributed by atoms with van der Waals surface area (Å²) in [6.07, 6.45) is 0.797. The van der Waals surface area contributed by atoms with Gasteiger partial charge in [-0.3, -0.25) is 14.5 Å². The first-order chi connectivity index (χ1) is 18.9. The first kappa shape index (κ1) is 27.3. The second-order valence-electron chi connectivity index (χ2n) is 9.27. The van der Waals surface area contributed by atoms with Crippen LogP contribution in [0.4, 0.5) is 5.82 Å². The molecule has 0 spiro atoms. The number of hydrogen-bond donors (Lipinski definition) is 1. The number of carbonyl (C=O) groups is 2. The number of ether oxygens (including phenoxy) is 1. The molecule has 39 heavy (non-hydrogen) atoms. The van der Waals surface area contributed by atoms with Crippen molar-refractivity contribution in [1.29, 1.82) is 0 Å². The smallest absolute Gasteiger partial charge is 0.240 e. The number of nitrogens with one attached hydrogen (secondary N) is 1. The second kappa shape index (κ2) is 11.9. The molecule has 5 rings (SSSR count). The van der Waals surface area contributed by atoms with Gasteiger partial charge < -0.3 is 10.1 Å². The van der Waals surface area contributed by atoms with Gasteiger partial charge in [-0.15, -0.1) is 23.1 Å². The van der Waals surface area contributed by atoms with Crippen LogP contribution in [0.25, 0.3) is 16.9 Å². The molecule has 202 valence electrons. The van der Waals surface area contributed by atoms with Gasteiger partial charge in [-0.1, -0.05) is 36.7 Å². The summed E-state index contributed by atoms with van der Waals surface area (Å²) in [7, 11) is 1.62. The van der Waals surface area contributed by atoms with E-state index in [9.17, 15) is 9.59 Å². The van der Waals surface area contributed by atoms with Gasteiger partial charge in [0.15, 0.2) is 0 Å². The number of nitrogens with zero attached hydrogens (tertiary/aromatic N) is 3. The van der Waals surface area contributed by atoms with Crippen LogP contribution in [0.5, 0.6) is 5.75 Å². The van der Waals surface area contributed by atoms with Gasteiger partial charge in [-0.2, -0.15) is 5.10 Å². The predicted octanol–water partition coefficient (Wildman–Crippen LogP) is 6.35. The van der Waals surface area contributed by atoms with Crippen molar-refractivity contribution < 1.29 is 14.3 Å². The largest absolute Gasteiger partial charge is 0.497 e. The minimum atomic E-state index is -0.209. The van der Waals surface area contributed by atoms with E-state index in [1.807, 2.05) is 73.8 Å². The van der Waals surface area contributed by atoms with E-state index >= 15 is 0 Å². The number of rotatable bonds is 8. The van der Waals surface area contributed by atoms with E-state index in [1.54, 1.807) is 39.8 Å². The van der Waals surface area contributed by atoms with Gasteiger partial charge in [-0.05, 0) is 61.2 Å². The molecule has 1 N–H and O–H groups in total. The Kier molecular flexibility index (Phi) is 8.30. The van der Waals surface area contributed by atoms with Crippen molar-refractivity contribution in [1.82, 2.24) is 15.1 Å². The lowest BCUT2D eigenvalue weighted by molar-refractivity contribution is -0.123. The third-order valence-electron chi connectivity index (χ3n) is 6.65. The third-order valence-corrected chi connectivity index (χ3v) is 9.22. The Hall–Kier alpha value is -3.27. The van der Waals surface area contributed by atoms with E-state index in [2.05, 4.69) is 11.4 Å². The van der Waals surface area contributed by atoms with Crippen LogP contribution in [0, 0.1) is 0 Å². The van der Waals surface area contributed by atoms with E-state index in [0.29, 0.717) is 16.6 Å². The van der Waals surface area contributed by atoms with E-state index in [-0.39, 0.29) is 35.4 Å². The number of anilines is 1. The molecule has 4 aromatic rings. The van der Waals surface area contributed by atoms with Gasteiger partial charge >= 0.3 is 0 Å². The number of thiophene rings is 1. The van der Waals surface area contributed by atoms with Crippen LogP contribution in [0.15, 0.2) is 66.0 Å². The molecule has 10 heteroatoms. The normalized spacial score (nSPS) is 15.9. The van der Waals surface area contributed by atoms with E-state index in [4.69, 9.17) is 21.4 Å². The fraction of sp³-hybridized carbons (Fsp3) is 0.276. The van der Waals surface area contributed by atoms with Crippen LogP contribution in [-0.2, 0) is 9.59 Å². The van der Waals surface area contributed by atoms with Gasteiger partial charge in [0.1, 0.15) is 18.1 Å². The summed E-state index contributed by atoms with van der Waals surface area (Å²) < 4.78 is 7.14. The molecular formula is C29H29ClN4O3S2. The Morgan fingerprint density at radius 2 is 1.92 bits per heavy atom. The molecule has 0 radical (unpaired) electrons. The fourth-order valence-electron chi connectivity index (χ4n) is 4.47. The molecule has 2 aromatic heterocycles. The molecule has 1 aliphatic heterocycles. The molecule has 0 bridgehead atoms. The Morgan fingerprint density at radius 1 is 1.18 bits per heavy atom. The van der Waals surface area contributed by atoms with E-state index in [1.165, 1.54) is 0 Å². The van der Waals surface area contributed by atoms with Crippen molar-refractivity contribution in [2.75, 3.05) is 24.3 Å². The van der Waals surface area contributed by atoms with Crippen molar-refractivity contribution in [2.45, 2.75) is 31.6 Å². The number of hydrogen-bond acceptors (Lipinski definition) is 6. The second-order valence-corrected chi connectivity index (χ2v) is 11.8. The molecule has 2 atom stereocenters. The number of thioether (sulfide) groups is 1. The first-order valence-corrected chi connectivity index (χ1v) is 15.0. The van der Waals surface area contributed by atoms with Crippen molar-refractivity contribution in [2.24, 2.45) is 0 Å². The lowest BCUT2D eigenvalue weighted by Gasteiger charge is -2.24. The molecule has 1 aliphatic rings. The van der Waals surface area contributed by atoms with Crippen LogP contribution in [-0.4, -0.2) is 47.0 Å². The van der Waals surface area contributed by atoms with Crippen molar-refractivity contribution in [3.8, 4) is 22.7 Å². The van der Waals surface area contributed by atoms with Gasteiger partial charge in [0.2, 0.25) is 11.8 Å². The number of amides is 2. The van der Waals surface area contributed by atoms with E-state index in [0.717, 1.165) is 33.8 Å². The van der Waals surface area contributed by atoms with Crippen LogP contribution in [0.2, 0.25) is 5.02 Å². The molecule has 0 unspecified atom stereocenters. The Bertz CT molecular complexity index is 1450. The average molecular weight is 581 g/mol. The van der Waals surface area contributed by atoms with Gasteiger partial charge in [0.05, 0.1) is 29.5 Å². The molecule has 0 aliphatic carbocycles. The van der Waals surface area contributed by atoms with E-state index < -0.39 is 0 Å². The van der Waals surface area contributed by atoms with Crippen LogP contribution < -0.4 is 15.0 Å². The highest BCUT2D eigenvalue weighted by atomic mass is 35.5. The topological polar surface area (TPSA) is 76.5 Å². The summed E-state index contributed by atoms with van der Waals surface area (Å²) in [5, 5.41) is 10.6. The summed E-state index contributed by atoms with van der Waals surface area (Å²) in [6, 6.07) is 19.2. The summed E-state index contributed by atoms with van der Waals surface area (Å²) in [5.41, 5.74) is 3.26. The van der Waals surface area contributed by atoms with Crippen molar-refractivity contribution in [3.63, 3.8) is 0 Å². The minimum absolute atomic E-state index is 0.00317. The number of methoxy groups -OCH3 is 1. The Labute approximate surface area is 241 Å². The number of halogens is 1. The summed E-state index contributed by atoms with van der Waals surface area (Å²) in [4.78, 5) is 29.5. The number of aromatic nitrogens is 2. The Balaban J connectivity index is 1.75. The third kappa shape index (κ3) is 5.71. The molecule has 2 amide bonds. The zero-order chi connectivity index (χ0) is 27.5. The molecule has 0 saturated carbocycles. The summed E-state index contributed by atoms with van der Waals surface area (Å²) in [6.45, 7) is 3.87. The van der Waals surface area contributed by atoms with Gasteiger partial charge in [0.25, 0.3) is 0 Å². The predicted molar refractivity (Wildman–Crippen MR) is 159 cm³/mol. The van der Waals surface area contributed by atoms with Gasteiger partial charge in [0, 0.05) is 27.1 Å². The highest BCUT2D eigenvalue weighted by Gasteiger charge is 2.38. The fourth-order valence-corrected chi connectivity index (χ4v) is 6.78. The quantitative estimate of drug-likeness (QED) is 0.263. The average Bonchev–Trinajstić information content (AvgIpc) is 3.59. The molecule has 7 nitrogen and oxygen atoms in total. The lowest BCUT2D eigenvalue weighted by atomic mass is 10.0. The Morgan fingerprint density at radius 3 is 2.56 bits per heavy atom. The molecule has 0 saturated heterocycles. The minimum Gasteiger partial charge on any atom is -0.497 e. The maximum atomic E-state index is 13.7.